The number of methoxy groups -OCH3 is 1. The molecule has 2 aliphatic heterocycles. The number of aromatic nitrogens is 2. The van der Waals surface area contributed by atoms with Gasteiger partial charge in [0, 0.05) is 45.0 Å². The standard InChI is InChI=1S/C18H30N4O2/c1-18(2,3)22-12-14(10-19-22)11-21-13-15(24-4)9-16(21)17(23)20-7-5-6-8-20/h10,12,15-16H,5-9,11,13H2,1-4H3/t15-,16-/m0/s1. The van der Waals surface area contributed by atoms with Crippen molar-refractivity contribution >= 4 is 5.91 Å². The summed E-state index contributed by atoms with van der Waals surface area (Å²) >= 11 is 0. The van der Waals surface area contributed by atoms with Gasteiger partial charge >= 0.3 is 0 Å². The van der Waals surface area contributed by atoms with Crippen LogP contribution in [0.4, 0.5) is 0 Å². The zero-order valence-corrected chi connectivity index (χ0v) is 15.4. The molecule has 3 rings (SSSR count). The first kappa shape index (κ1) is 17.4. The Morgan fingerprint density at radius 3 is 2.62 bits per heavy atom. The second kappa shape index (κ2) is 6.84. The average molecular weight is 334 g/mol. The quantitative estimate of drug-likeness (QED) is 0.843. The van der Waals surface area contributed by atoms with Gasteiger partial charge in [0.25, 0.3) is 0 Å². The van der Waals surface area contributed by atoms with Crippen LogP contribution in [-0.2, 0) is 21.6 Å². The highest BCUT2D eigenvalue weighted by atomic mass is 16.5. The Balaban J connectivity index is 1.71. The molecule has 3 heterocycles. The molecule has 2 atom stereocenters. The number of hydrogen-bond acceptors (Lipinski definition) is 4. The molecule has 0 aromatic carbocycles. The van der Waals surface area contributed by atoms with Crippen LogP contribution >= 0.6 is 0 Å². The van der Waals surface area contributed by atoms with E-state index in [0.717, 1.165) is 51.0 Å². The maximum Gasteiger partial charge on any atom is 0.240 e. The Morgan fingerprint density at radius 1 is 1.33 bits per heavy atom. The fourth-order valence-electron chi connectivity index (χ4n) is 3.66. The molecule has 0 spiro atoms. The smallest absolute Gasteiger partial charge is 0.240 e. The molecule has 0 radical (unpaired) electrons. The van der Waals surface area contributed by atoms with E-state index in [0.29, 0.717) is 0 Å². The van der Waals surface area contributed by atoms with Crippen molar-refractivity contribution in [1.82, 2.24) is 19.6 Å². The molecule has 1 aromatic heterocycles. The van der Waals surface area contributed by atoms with Gasteiger partial charge in [-0.1, -0.05) is 0 Å². The summed E-state index contributed by atoms with van der Waals surface area (Å²) in [5.74, 6) is 0.273. The third kappa shape index (κ3) is 3.64. The molecular formula is C18H30N4O2. The molecule has 0 bridgehead atoms. The van der Waals surface area contributed by atoms with Gasteiger partial charge in [0.1, 0.15) is 0 Å². The second-order valence-corrected chi connectivity index (χ2v) is 8.04. The number of rotatable bonds is 4. The predicted molar refractivity (Wildman–Crippen MR) is 92.6 cm³/mol. The average Bonchev–Trinajstić information content (AvgIpc) is 3.26. The Bertz CT molecular complexity index is 572. The third-order valence-corrected chi connectivity index (χ3v) is 5.11. The Morgan fingerprint density at radius 2 is 2.04 bits per heavy atom. The van der Waals surface area contributed by atoms with Crippen molar-refractivity contribution < 1.29 is 9.53 Å². The van der Waals surface area contributed by atoms with Crippen LogP contribution in [0.5, 0.6) is 0 Å². The first-order valence-corrected chi connectivity index (χ1v) is 8.98. The van der Waals surface area contributed by atoms with Crippen LogP contribution in [0.2, 0.25) is 0 Å². The van der Waals surface area contributed by atoms with Gasteiger partial charge in [0.2, 0.25) is 5.91 Å². The zero-order valence-electron chi connectivity index (χ0n) is 15.4. The molecule has 0 N–H and O–H groups in total. The van der Waals surface area contributed by atoms with E-state index in [2.05, 4.69) is 37.0 Å². The lowest BCUT2D eigenvalue weighted by Gasteiger charge is -2.27. The number of ether oxygens (including phenoxy) is 1. The van der Waals surface area contributed by atoms with Gasteiger partial charge in [-0.15, -0.1) is 0 Å². The van der Waals surface area contributed by atoms with Gasteiger partial charge in [0.05, 0.1) is 23.9 Å². The van der Waals surface area contributed by atoms with E-state index in [1.165, 1.54) is 0 Å². The molecule has 0 aliphatic carbocycles. The van der Waals surface area contributed by atoms with Crippen molar-refractivity contribution in [2.75, 3.05) is 26.7 Å². The van der Waals surface area contributed by atoms with E-state index in [1.54, 1.807) is 7.11 Å². The number of carbonyl (C=O) groups excluding carboxylic acids is 1. The van der Waals surface area contributed by atoms with E-state index in [-0.39, 0.29) is 23.6 Å². The van der Waals surface area contributed by atoms with E-state index >= 15 is 0 Å². The molecule has 6 nitrogen and oxygen atoms in total. The van der Waals surface area contributed by atoms with Crippen LogP contribution in [0, 0.1) is 0 Å². The van der Waals surface area contributed by atoms with Crippen molar-refractivity contribution in [2.24, 2.45) is 0 Å². The molecular weight excluding hydrogens is 304 g/mol. The summed E-state index contributed by atoms with van der Waals surface area (Å²) in [6, 6.07) is -0.0639. The summed E-state index contributed by atoms with van der Waals surface area (Å²) in [6.45, 7) is 9.79. The minimum atomic E-state index is -0.0639. The molecule has 2 saturated heterocycles. The van der Waals surface area contributed by atoms with Gasteiger partial charge in [-0.3, -0.25) is 14.4 Å². The lowest BCUT2D eigenvalue weighted by Crippen LogP contribution is -2.44. The SMILES string of the molecule is CO[C@H]1C[C@@H](C(=O)N2CCCC2)N(Cc2cnn(C(C)(C)C)c2)C1. The van der Waals surface area contributed by atoms with Crippen LogP contribution < -0.4 is 0 Å². The van der Waals surface area contributed by atoms with Gasteiger partial charge in [-0.25, -0.2) is 0 Å². The lowest BCUT2D eigenvalue weighted by atomic mass is 10.1. The normalized spacial score (nSPS) is 25.6. The second-order valence-electron chi connectivity index (χ2n) is 8.04. The molecule has 0 unspecified atom stereocenters. The molecule has 6 heteroatoms. The molecule has 0 saturated carbocycles. The first-order chi connectivity index (χ1) is 11.4. The summed E-state index contributed by atoms with van der Waals surface area (Å²) < 4.78 is 7.54. The molecule has 1 aromatic rings. The number of likely N-dealkylation sites (tertiary alicyclic amines) is 2. The van der Waals surface area contributed by atoms with Crippen LogP contribution in [0.1, 0.15) is 45.6 Å². The molecule has 2 fully saturated rings. The predicted octanol–water partition coefficient (Wildman–Crippen LogP) is 1.85. The Labute approximate surface area is 144 Å². The van der Waals surface area contributed by atoms with E-state index in [9.17, 15) is 4.79 Å². The van der Waals surface area contributed by atoms with Gasteiger partial charge in [0.15, 0.2) is 0 Å². The number of carbonyl (C=O) groups is 1. The summed E-state index contributed by atoms with van der Waals surface area (Å²) in [5.41, 5.74) is 1.13. The summed E-state index contributed by atoms with van der Waals surface area (Å²) in [5, 5.41) is 4.48. The maximum absolute atomic E-state index is 12.9. The van der Waals surface area contributed by atoms with Gasteiger partial charge in [-0.05, 0) is 40.0 Å². The van der Waals surface area contributed by atoms with Crippen molar-refractivity contribution in [3.63, 3.8) is 0 Å². The molecule has 2 aliphatic rings. The highest BCUT2D eigenvalue weighted by molar-refractivity contribution is 5.82. The summed E-state index contributed by atoms with van der Waals surface area (Å²) in [7, 11) is 1.74. The van der Waals surface area contributed by atoms with E-state index in [4.69, 9.17) is 4.74 Å². The highest BCUT2D eigenvalue weighted by Gasteiger charge is 2.39. The van der Waals surface area contributed by atoms with Crippen LogP contribution in [0.15, 0.2) is 12.4 Å². The highest BCUT2D eigenvalue weighted by Crippen LogP contribution is 2.26. The monoisotopic (exact) mass is 334 g/mol. The van der Waals surface area contributed by atoms with Crippen LogP contribution in [-0.4, -0.2) is 64.4 Å². The largest absolute Gasteiger partial charge is 0.380 e. The summed E-state index contributed by atoms with van der Waals surface area (Å²) in [4.78, 5) is 17.2. The first-order valence-electron chi connectivity index (χ1n) is 8.98. The summed E-state index contributed by atoms with van der Waals surface area (Å²) in [6.07, 6.45) is 7.20. The minimum absolute atomic E-state index is 0.0247. The van der Waals surface area contributed by atoms with Crippen LogP contribution in [0.3, 0.4) is 0 Å². The Hall–Kier alpha value is -1.40. The fraction of sp³-hybridized carbons (Fsp3) is 0.778. The zero-order chi connectivity index (χ0) is 17.3. The van der Waals surface area contributed by atoms with E-state index in [1.807, 2.05) is 15.8 Å². The van der Waals surface area contributed by atoms with Crippen molar-refractivity contribution in [2.45, 2.75) is 64.3 Å². The topological polar surface area (TPSA) is 50.6 Å². The number of amides is 1. The van der Waals surface area contributed by atoms with Crippen molar-refractivity contribution in [3.8, 4) is 0 Å². The minimum Gasteiger partial charge on any atom is -0.380 e. The maximum atomic E-state index is 12.9. The van der Waals surface area contributed by atoms with Crippen molar-refractivity contribution in [1.29, 1.82) is 0 Å². The Kier molecular flexibility index (Phi) is 4.97. The molecule has 1 amide bonds. The number of nitrogens with zero attached hydrogens (tertiary/aromatic N) is 4. The van der Waals surface area contributed by atoms with Gasteiger partial charge < -0.3 is 9.64 Å². The lowest BCUT2D eigenvalue weighted by molar-refractivity contribution is -0.135. The molecule has 24 heavy (non-hydrogen) atoms. The number of hydrogen-bond donors (Lipinski definition) is 0. The molecule has 134 valence electrons. The van der Waals surface area contributed by atoms with E-state index < -0.39 is 0 Å². The van der Waals surface area contributed by atoms with Gasteiger partial charge in [-0.2, -0.15) is 5.10 Å². The third-order valence-electron chi connectivity index (χ3n) is 5.11. The van der Waals surface area contributed by atoms with Crippen molar-refractivity contribution in [3.05, 3.63) is 18.0 Å². The fourth-order valence-corrected chi connectivity index (χ4v) is 3.66. The van der Waals surface area contributed by atoms with Crippen LogP contribution in [0.25, 0.3) is 0 Å².